The van der Waals surface area contributed by atoms with Crippen LogP contribution in [0.15, 0.2) is 41.6 Å². The van der Waals surface area contributed by atoms with E-state index in [0.717, 1.165) is 17.0 Å². The van der Waals surface area contributed by atoms with Crippen molar-refractivity contribution in [2.24, 2.45) is 4.99 Å². The minimum absolute atomic E-state index is 0.833. The summed E-state index contributed by atoms with van der Waals surface area (Å²) >= 11 is 0. The lowest BCUT2D eigenvalue weighted by Gasteiger charge is -1.98. The van der Waals surface area contributed by atoms with E-state index in [9.17, 15) is 0 Å². The Bertz CT molecular complexity index is 219. The van der Waals surface area contributed by atoms with Gasteiger partial charge >= 0.3 is 0 Å². The lowest BCUT2D eigenvalue weighted by molar-refractivity contribution is 1.30. The maximum Gasteiger partial charge on any atom is 0.0404 e. The number of allylic oxidation sites excluding steroid dienone is 4. The van der Waals surface area contributed by atoms with Crippen LogP contribution in [-0.2, 0) is 0 Å². The third-order valence-electron chi connectivity index (χ3n) is 1.30. The minimum atomic E-state index is 0.833. The molecule has 0 aliphatic heterocycles. The molecule has 0 saturated heterocycles. The van der Waals surface area contributed by atoms with Gasteiger partial charge in [-0.15, -0.1) is 0 Å². The van der Waals surface area contributed by atoms with E-state index in [1.165, 1.54) is 0 Å². The van der Waals surface area contributed by atoms with E-state index in [2.05, 4.69) is 18.2 Å². The van der Waals surface area contributed by atoms with Crippen molar-refractivity contribution in [1.29, 1.82) is 0 Å². The average molecular weight is 149 g/mol. The SMILES string of the molecule is C=C/C=C(\C)C(C)=NC(=C)C. The molecule has 0 atom stereocenters. The summed E-state index contributed by atoms with van der Waals surface area (Å²) in [5.74, 6) is 0. The molecule has 1 heteroatoms. The number of nitrogens with zero attached hydrogens (tertiary/aromatic N) is 1. The van der Waals surface area contributed by atoms with Crippen LogP contribution in [0.25, 0.3) is 0 Å². The highest BCUT2D eigenvalue weighted by atomic mass is 14.7. The third-order valence-corrected chi connectivity index (χ3v) is 1.30. The van der Waals surface area contributed by atoms with Crippen LogP contribution in [0.3, 0.4) is 0 Å². The van der Waals surface area contributed by atoms with Gasteiger partial charge in [0, 0.05) is 11.4 Å². The molecule has 1 nitrogen and oxygen atoms in total. The fourth-order valence-electron chi connectivity index (χ4n) is 0.672. The predicted octanol–water partition coefficient (Wildman–Crippen LogP) is 3.11. The molecule has 11 heavy (non-hydrogen) atoms. The Morgan fingerprint density at radius 3 is 2.18 bits per heavy atom. The van der Waals surface area contributed by atoms with Crippen molar-refractivity contribution < 1.29 is 0 Å². The van der Waals surface area contributed by atoms with Gasteiger partial charge in [0.25, 0.3) is 0 Å². The van der Waals surface area contributed by atoms with Crippen molar-refractivity contribution in [2.45, 2.75) is 20.8 Å². The molecule has 0 amide bonds. The summed E-state index contributed by atoms with van der Waals surface area (Å²) in [6.07, 6.45) is 3.69. The van der Waals surface area contributed by atoms with Crippen LogP contribution in [0, 0.1) is 0 Å². The smallest absolute Gasteiger partial charge is 0.0404 e. The standard InChI is InChI=1S/C10H15N/c1-6-7-9(4)10(5)11-8(2)3/h6-7H,1-2H2,3-5H3/b9-7+,11-10?. The Labute approximate surface area is 68.9 Å². The molecule has 0 aromatic rings. The Hall–Kier alpha value is -1.11. The zero-order chi connectivity index (χ0) is 8.85. The number of rotatable bonds is 3. The van der Waals surface area contributed by atoms with Gasteiger partial charge in [-0.3, -0.25) is 4.99 Å². The van der Waals surface area contributed by atoms with Crippen LogP contribution in [0.2, 0.25) is 0 Å². The van der Waals surface area contributed by atoms with Crippen LogP contribution in [-0.4, -0.2) is 5.71 Å². The van der Waals surface area contributed by atoms with Gasteiger partial charge in [-0.2, -0.15) is 0 Å². The Morgan fingerprint density at radius 2 is 1.82 bits per heavy atom. The van der Waals surface area contributed by atoms with Gasteiger partial charge in [-0.1, -0.05) is 25.3 Å². The topological polar surface area (TPSA) is 12.4 Å². The van der Waals surface area contributed by atoms with E-state index in [1.54, 1.807) is 6.08 Å². The first-order valence-corrected chi connectivity index (χ1v) is 3.58. The van der Waals surface area contributed by atoms with Gasteiger partial charge in [0.1, 0.15) is 0 Å². The van der Waals surface area contributed by atoms with Gasteiger partial charge in [-0.05, 0) is 26.3 Å². The molecular formula is C10H15N. The summed E-state index contributed by atoms with van der Waals surface area (Å²) in [7, 11) is 0. The first-order chi connectivity index (χ1) is 5.07. The molecule has 0 heterocycles. The van der Waals surface area contributed by atoms with Crippen molar-refractivity contribution in [1.82, 2.24) is 0 Å². The molecule has 0 unspecified atom stereocenters. The Balaban J connectivity index is 4.47. The highest BCUT2D eigenvalue weighted by Crippen LogP contribution is 2.00. The molecule has 0 aromatic carbocycles. The van der Waals surface area contributed by atoms with Crippen LogP contribution in [0.5, 0.6) is 0 Å². The number of hydrogen-bond donors (Lipinski definition) is 0. The number of hydrogen-bond acceptors (Lipinski definition) is 1. The van der Waals surface area contributed by atoms with Gasteiger partial charge in [-0.25, -0.2) is 0 Å². The van der Waals surface area contributed by atoms with Gasteiger partial charge in [0.2, 0.25) is 0 Å². The van der Waals surface area contributed by atoms with E-state index in [1.807, 2.05) is 26.8 Å². The van der Waals surface area contributed by atoms with Crippen molar-refractivity contribution in [3.8, 4) is 0 Å². The molecule has 0 saturated carbocycles. The van der Waals surface area contributed by atoms with E-state index in [4.69, 9.17) is 0 Å². The third kappa shape index (κ3) is 4.31. The highest BCUT2D eigenvalue weighted by Gasteiger charge is 1.91. The van der Waals surface area contributed by atoms with Crippen molar-refractivity contribution >= 4 is 5.71 Å². The van der Waals surface area contributed by atoms with Crippen molar-refractivity contribution in [3.63, 3.8) is 0 Å². The summed E-state index contributed by atoms with van der Waals surface area (Å²) in [6, 6.07) is 0. The lowest BCUT2D eigenvalue weighted by Crippen LogP contribution is -1.92. The highest BCUT2D eigenvalue weighted by molar-refractivity contribution is 5.98. The van der Waals surface area contributed by atoms with Gasteiger partial charge in [0.15, 0.2) is 0 Å². The van der Waals surface area contributed by atoms with Gasteiger partial charge < -0.3 is 0 Å². The van der Waals surface area contributed by atoms with Gasteiger partial charge in [0.05, 0.1) is 0 Å². The maximum absolute atomic E-state index is 4.20. The minimum Gasteiger partial charge on any atom is -0.259 e. The van der Waals surface area contributed by atoms with Crippen LogP contribution < -0.4 is 0 Å². The van der Waals surface area contributed by atoms with E-state index >= 15 is 0 Å². The second kappa shape index (κ2) is 4.67. The summed E-state index contributed by atoms with van der Waals surface area (Å²) in [5.41, 5.74) is 2.96. The fraction of sp³-hybridized carbons (Fsp3) is 0.300. The molecular weight excluding hydrogens is 134 g/mol. The second-order valence-corrected chi connectivity index (χ2v) is 2.52. The van der Waals surface area contributed by atoms with Crippen molar-refractivity contribution in [3.05, 3.63) is 36.6 Å². The normalized spacial score (nSPS) is 13.0. The van der Waals surface area contributed by atoms with Crippen LogP contribution in [0.4, 0.5) is 0 Å². The Morgan fingerprint density at radius 1 is 1.27 bits per heavy atom. The molecule has 0 aliphatic carbocycles. The molecule has 0 fully saturated rings. The molecule has 0 N–H and O–H groups in total. The molecule has 0 rings (SSSR count). The molecule has 0 bridgehead atoms. The fourth-order valence-corrected chi connectivity index (χ4v) is 0.672. The molecule has 0 spiro atoms. The summed E-state index contributed by atoms with van der Waals surface area (Å²) < 4.78 is 0. The van der Waals surface area contributed by atoms with E-state index in [-0.39, 0.29) is 0 Å². The summed E-state index contributed by atoms with van der Waals surface area (Å²) in [5, 5.41) is 0. The van der Waals surface area contributed by atoms with Crippen LogP contribution in [0.1, 0.15) is 20.8 Å². The van der Waals surface area contributed by atoms with Crippen molar-refractivity contribution in [2.75, 3.05) is 0 Å². The van der Waals surface area contributed by atoms with E-state index in [0.29, 0.717) is 0 Å². The second-order valence-electron chi connectivity index (χ2n) is 2.52. The monoisotopic (exact) mass is 149 g/mol. The van der Waals surface area contributed by atoms with E-state index < -0.39 is 0 Å². The lowest BCUT2D eigenvalue weighted by atomic mass is 10.2. The Kier molecular flexibility index (Phi) is 4.20. The summed E-state index contributed by atoms with van der Waals surface area (Å²) in [4.78, 5) is 4.20. The quantitative estimate of drug-likeness (QED) is 0.432. The first-order valence-electron chi connectivity index (χ1n) is 3.58. The maximum atomic E-state index is 4.20. The molecule has 0 aromatic heterocycles. The predicted molar refractivity (Wildman–Crippen MR) is 51.9 cm³/mol. The first kappa shape index (κ1) is 9.89. The number of aliphatic imine (C=N–C) groups is 1. The molecule has 60 valence electrons. The largest absolute Gasteiger partial charge is 0.259 e. The zero-order valence-corrected chi connectivity index (χ0v) is 7.52. The zero-order valence-electron chi connectivity index (χ0n) is 7.52. The molecule has 0 radical (unpaired) electrons. The summed E-state index contributed by atoms with van der Waals surface area (Å²) in [6.45, 7) is 13.2. The molecule has 0 aliphatic rings. The van der Waals surface area contributed by atoms with Crippen LogP contribution >= 0.6 is 0 Å². The average Bonchev–Trinajstić information content (AvgIpc) is 1.86.